The average Bonchev–Trinajstić information content (AvgIpc) is 1.77. The summed E-state index contributed by atoms with van der Waals surface area (Å²) in [4.78, 5) is 0. The molecule has 0 aliphatic carbocycles. The van der Waals surface area contributed by atoms with Crippen molar-refractivity contribution >= 4 is 0 Å². The van der Waals surface area contributed by atoms with Crippen molar-refractivity contribution in [3.8, 4) is 5.75 Å². The van der Waals surface area contributed by atoms with Crippen LogP contribution in [0.2, 0.25) is 0 Å². The first-order valence-electron chi connectivity index (χ1n) is 2.46. The second-order valence-corrected chi connectivity index (χ2v) is 1.71. The molecule has 0 unspecified atom stereocenters. The Kier molecular flexibility index (Phi) is 3.56. The van der Waals surface area contributed by atoms with Crippen LogP contribution in [0.3, 0.4) is 0 Å². The topological polar surface area (TPSA) is 20.2 Å². The first kappa shape index (κ1) is 8.71. The van der Waals surface area contributed by atoms with Crippen molar-refractivity contribution in [2.24, 2.45) is 0 Å². The quantitative estimate of drug-likeness (QED) is 0.718. The van der Waals surface area contributed by atoms with Crippen molar-refractivity contribution in [2.45, 2.75) is 6.92 Å². The molecular formula is C7H7OW-. The van der Waals surface area contributed by atoms with Gasteiger partial charge in [0.1, 0.15) is 0 Å². The standard InChI is InChI=1S/C7H7O.W/c1-6-4-2-3-5-7(6)8;/h3-5,8H,1H3;/q-1;. The van der Waals surface area contributed by atoms with Gasteiger partial charge >= 0.3 is 0 Å². The molecule has 1 aromatic rings. The van der Waals surface area contributed by atoms with E-state index in [2.05, 4.69) is 6.07 Å². The SMILES string of the molecule is Cc1c[c-]ccc1O.[W]. The number of phenols is 1. The van der Waals surface area contributed by atoms with Crippen LogP contribution in [0, 0.1) is 13.0 Å². The van der Waals surface area contributed by atoms with Crippen LogP contribution in [-0.4, -0.2) is 5.11 Å². The molecule has 1 N–H and O–H groups in total. The molecule has 0 radical (unpaired) electrons. The normalized spacial score (nSPS) is 8.11. The predicted molar refractivity (Wildman–Crippen MR) is 31.7 cm³/mol. The monoisotopic (exact) mass is 291 g/mol. The van der Waals surface area contributed by atoms with Crippen molar-refractivity contribution in [2.75, 3.05) is 0 Å². The van der Waals surface area contributed by atoms with Crippen LogP contribution in [0.25, 0.3) is 0 Å². The maximum Gasteiger partial charge on any atom is 0.0111 e. The summed E-state index contributed by atoms with van der Waals surface area (Å²) in [6.45, 7) is 1.84. The van der Waals surface area contributed by atoms with Crippen molar-refractivity contribution in [3.05, 3.63) is 29.8 Å². The number of aromatic hydroxyl groups is 1. The maximum absolute atomic E-state index is 8.90. The molecule has 0 saturated heterocycles. The first-order chi connectivity index (χ1) is 3.80. The summed E-state index contributed by atoms with van der Waals surface area (Å²) in [7, 11) is 0. The summed E-state index contributed by atoms with van der Waals surface area (Å²) in [6.07, 6.45) is 0. The number of aryl methyl sites for hydroxylation is 1. The molecule has 0 bridgehead atoms. The third kappa shape index (κ3) is 2.19. The fraction of sp³-hybridized carbons (Fsp3) is 0.143. The molecule has 0 heterocycles. The minimum absolute atomic E-state index is 0. The van der Waals surface area contributed by atoms with Crippen LogP contribution in [0.5, 0.6) is 5.75 Å². The molecule has 0 amide bonds. The summed E-state index contributed by atoms with van der Waals surface area (Å²) in [5.74, 6) is 0.337. The van der Waals surface area contributed by atoms with Crippen LogP contribution >= 0.6 is 0 Å². The van der Waals surface area contributed by atoms with E-state index >= 15 is 0 Å². The Balaban J connectivity index is 0.000000640. The van der Waals surface area contributed by atoms with Gasteiger partial charge in [-0.2, -0.15) is 18.2 Å². The molecule has 0 aliphatic heterocycles. The molecule has 0 aliphatic rings. The van der Waals surface area contributed by atoms with E-state index in [9.17, 15) is 0 Å². The molecule has 0 fully saturated rings. The first-order valence-corrected chi connectivity index (χ1v) is 2.46. The molecule has 0 saturated carbocycles. The van der Waals surface area contributed by atoms with Gasteiger partial charge in [0.25, 0.3) is 0 Å². The minimum atomic E-state index is 0. The van der Waals surface area contributed by atoms with Crippen LogP contribution < -0.4 is 0 Å². The second kappa shape index (κ2) is 3.68. The van der Waals surface area contributed by atoms with Gasteiger partial charge in [0.15, 0.2) is 0 Å². The van der Waals surface area contributed by atoms with Gasteiger partial charge in [-0.25, -0.2) is 0 Å². The van der Waals surface area contributed by atoms with Gasteiger partial charge < -0.3 is 5.11 Å². The summed E-state index contributed by atoms with van der Waals surface area (Å²) in [5, 5.41) is 8.90. The van der Waals surface area contributed by atoms with Crippen molar-refractivity contribution in [1.29, 1.82) is 0 Å². The van der Waals surface area contributed by atoms with Gasteiger partial charge in [0.2, 0.25) is 0 Å². The Bertz CT molecular complexity index is 165. The summed E-state index contributed by atoms with van der Waals surface area (Å²) < 4.78 is 0. The van der Waals surface area contributed by atoms with E-state index in [1.165, 1.54) is 0 Å². The second-order valence-electron chi connectivity index (χ2n) is 1.71. The van der Waals surface area contributed by atoms with Gasteiger partial charge in [-0.15, -0.1) is 11.6 Å². The van der Waals surface area contributed by atoms with E-state index in [1.54, 1.807) is 18.2 Å². The smallest absolute Gasteiger partial charge is 0.0111 e. The molecule has 0 aromatic heterocycles. The Labute approximate surface area is 69.0 Å². The van der Waals surface area contributed by atoms with Gasteiger partial charge in [0.05, 0.1) is 0 Å². The van der Waals surface area contributed by atoms with E-state index in [0.717, 1.165) is 5.56 Å². The molecular weight excluding hydrogens is 284 g/mol. The zero-order valence-corrected chi connectivity index (χ0v) is 8.02. The van der Waals surface area contributed by atoms with Gasteiger partial charge in [0, 0.05) is 26.8 Å². The maximum atomic E-state index is 8.90. The average molecular weight is 291 g/mol. The van der Waals surface area contributed by atoms with E-state index in [0.29, 0.717) is 5.75 Å². The Hall–Kier alpha value is -0.292. The van der Waals surface area contributed by atoms with Crippen LogP contribution in [-0.2, 0) is 21.1 Å². The minimum Gasteiger partial charge on any atom is -0.533 e. The molecule has 9 heavy (non-hydrogen) atoms. The zero-order chi connectivity index (χ0) is 5.98. The van der Waals surface area contributed by atoms with Crippen LogP contribution in [0.4, 0.5) is 0 Å². The number of phenolic OH excluding ortho intramolecular Hbond substituents is 1. The number of benzene rings is 1. The van der Waals surface area contributed by atoms with Gasteiger partial charge in [-0.1, -0.05) is 6.92 Å². The Morgan fingerprint density at radius 1 is 1.56 bits per heavy atom. The Morgan fingerprint density at radius 2 is 2.22 bits per heavy atom. The molecule has 0 spiro atoms. The third-order valence-electron chi connectivity index (χ3n) is 1.04. The predicted octanol–water partition coefficient (Wildman–Crippen LogP) is 1.50. The van der Waals surface area contributed by atoms with Crippen molar-refractivity contribution in [1.82, 2.24) is 0 Å². The summed E-state index contributed by atoms with van der Waals surface area (Å²) >= 11 is 0. The van der Waals surface area contributed by atoms with Gasteiger partial charge in [-0.3, -0.25) is 0 Å². The Morgan fingerprint density at radius 3 is 2.56 bits per heavy atom. The van der Waals surface area contributed by atoms with Crippen molar-refractivity contribution in [3.63, 3.8) is 0 Å². The summed E-state index contributed by atoms with van der Waals surface area (Å²) in [5.41, 5.74) is 0.868. The van der Waals surface area contributed by atoms with Crippen molar-refractivity contribution < 1.29 is 26.2 Å². The summed E-state index contributed by atoms with van der Waals surface area (Å²) in [6, 6.07) is 7.89. The van der Waals surface area contributed by atoms with E-state index in [-0.39, 0.29) is 21.1 Å². The zero-order valence-electron chi connectivity index (χ0n) is 5.09. The molecule has 2 heteroatoms. The largest absolute Gasteiger partial charge is 0.533 e. The fourth-order valence-electron chi connectivity index (χ4n) is 0.506. The molecule has 1 aromatic carbocycles. The third-order valence-corrected chi connectivity index (χ3v) is 1.04. The number of hydrogen-bond acceptors (Lipinski definition) is 1. The van der Waals surface area contributed by atoms with Crippen LogP contribution in [0.15, 0.2) is 18.2 Å². The van der Waals surface area contributed by atoms with E-state index in [4.69, 9.17) is 5.11 Å². The molecule has 1 nitrogen and oxygen atoms in total. The van der Waals surface area contributed by atoms with E-state index < -0.39 is 0 Å². The van der Waals surface area contributed by atoms with Gasteiger partial charge in [-0.05, 0) is 0 Å². The molecule has 48 valence electrons. The number of rotatable bonds is 0. The number of hydrogen-bond donors (Lipinski definition) is 1. The van der Waals surface area contributed by atoms with Crippen LogP contribution in [0.1, 0.15) is 5.56 Å². The molecule has 1 rings (SSSR count). The molecule has 0 atom stereocenters. The van der Waals surface area contributed by atoms with E-state index in [1.807, 2.05) is 6.92 Å². The fourth-order valence-corrected chi connectivity index (χ4v) is 0.506.